The first-order chi connectivity index (χ1) is 7.55. The molecule has 0 heterocycles. The summed E-state index contributed by atoms with van der Waals surface area (Å²) in [7, 11) is 1.70. The van der Waals surface area contributed by atoms with Crippen molar-refractivity contribution in [3.8, 4) is 0 Å². The number of hydrogen-bond donors (Lipinski definition) is 1. The quantitative estimate of drug-likeness (QED) is 0.844. The Balaban J connectivity index is 2.22. The number of methoxy groups -OCH3 is 1. The predicted molar refractivity (Wildman–Crippen MR) is 64.3 cm³/mol. The number of aliphatic hydroxyl groups excluding tert-OH is 1. The molecule has 1 aliphatic rings. The Hall–Kier alpha value is -0.860. The zero-order chi connectivity index (χ0) is 11.8. The summed E-state index contributed by atoms with van der Waals surface area (Å²) in [6, 6.07) is 8.42. The van der Waals surface area contributed by atoms with Crippen LogP contribution in [0.25, 0.3) is 0 Å². The van der Waals surface area contributed by atoms with Gasteiger partial charge in [-0.25, -0.2) is 0 Å². The lowest BCUT2D eigenvalue weighted by atomic mass is 9.88. The zero-order valence-corrected chi connectivity index (χ0v) is 10.3. The lowest BCUT2D eigenvalue weighted by Gasteiger charge is -2.18. The molecular weight excluding hydrogens is 200 g/mol. The molecule has 0 aromatic heterocycles. The molecule has 2 heteroatoms. The van der Waals surface area contributed by atoms with Gasteiger partial charge in [0.2, 0.25) is 0 Å². The second-order valence-electron chi connectivity index (χ2n) is 5.43. The molecule has 1 N–H and O–H groups in total. The summed E-state index contributed by atoms with van der Waals surface area (Å²) in [5.41, 5.74) is 2.64. The van der Waals surface area contributed by atoms with E-state index in [1.807, 2.05) is 0 Å². The van der Waals surface area contributed by atoms with Crippen LogP contribution in [-0.4, -0.2) is 18.8 Å². The van der Waals surface area contributed by atoms with E-state index in [1.54, 1.807) is 7.11 Å². The van der Waals surface area contributed by atoms with Crippen LogP contribution in [0.3, 0.4) is 0 Å². The standard InChI is InChI=1S/C14H20O2/c1-13(2)9-14(13,10-15)12-6-4-11(5-7-12)8-16-3/h4-7,15H,8-10H2,1-3H3. The van der Waals surface area contributed by atoms with Crippen molar-refractivity contribution < 1.29 is 9.84 Å². The van der Waals surface area contributed by atoms with Crippen molar-refractivity contribution in [3.63, 3.8) is 0 Å². The van der Waals surface area contributed by atoms with E-state index in [4.69, 9.17) is 4.74 Å². The summed E-state index contributed by atoms with van der Waals surface area (Å²) >= 11 is 0. The van der Waals surface area contributed by atoms with E-state index in [0.717, 1.165) is 6.42 Å². The van der Waals surface area contributed by atoms with E-state index in [9.17, 15) is 5.11 Å². The summed E-state index contributed by atoms with van der Waals surface area (Å²) < 4.78 is 5.09. The van der Waals surface area contributed by atoms with E-state index in [0.29, 0.717) is 6.61 Å². The van der Waals surface area contributed by atoms with Crippen LogP contribution in [0.15, 0.2) is 24.3 Å². The Morgan fingerprint density at radius 1 is 1.25 bits per heavy atom. The van der Waals surface area contributed by atoms with Crippen molar-refractivity contribution in [1.29, 1.82) is 0 Å². The van der Waals surface area contributed by atoms with Gasteiger partial charge in [0, 0.05) is 12.5 Å². The molecule has 1 unspecified atom stereocenters. The number of aliphatic hydroxyl groups is 1. The normalized spacial score (nSPS) is 26.8. The molecule has 88 valence electrons. The van der Waals surface area contributed by atoms with Gasteiger partial charge < -0.3 is 9.84 Å². The maximum absolute atomic E-state index is 9.59. The number of benzene rings is 1. The number of ether oxygens (including phenoxy) is 1. The SMILES string of the molecule is COCc1ccc(C2(CO)CC2(C)C)cc1. The molecule has 2 rings (SSSR count). The molecule has 1 atom stereocenters. The van der Waals surface area contributed by atoms with Gasteiger partial charge in [0.1, 0.15) is 0 Å². The van der Waals surface area contributed by atoms with Crippen LogP contribution in [0.4, 0.5) is 0 Å². The third kappa shape index (κ3) is 1.66. The van der Waals surface area contributed by atoms with Gasteiger partial charge in [-0.15, -0.1) is 0 Å². The molecule has 1 fully saturated rings. The van der Waals surface area contributed by atoms with Gasteiger partial charge in [0.15, 0.2) is 0 Å². The van der Waals surface area contributed by atoms with Gasteiger partial charge in [-0.1, -0.05) is 38.1 Å². The summed E-state index contributed by atoms with van der Waals surface area (Å²) in [5, 5.41) is 9.59. The zero-order valence-electron chi connectivity index (χ0n) is 10.3. The van der Waals surface area contributed by atoms with Crippen molar-refractivity contribution in [2.45, 2.75) is 32.3 Å². The fraction of sp³-hybridized carbons (Fsp3) is 0.571. The Bertz CT molecular complexity index is 367. The number of rotatable bonds is 4. The highest BCUT2D eigenvalue weighted by molar-refractivity contribution is 5.38. The van der Waals surface area contributed by atoms with E-state index < -0.39 is 0 Å². The minimum absolute atomic E-state index is 0.0153. The maximum atomic E-state index is 9.59. The Kier molecular flexibility index (Phi) is 2.81. The minimum atomic E-state index is -0.0153. The molecule has 1 aromatic rings. The van der Waals surface area contributed by atoms with Gasteiger partial charge in [0.05, 0.1) is 13.2 Å². The average molecular weight is 220 g/mol. The van der Waals surface area contributed by atoms with E-state index in [1.165, 1.54) is 11.1 Å². The van der Waals surface area contributed by atoms with Crippen molar-refractivity contribution >= 4 is 0 Å². The summed E-state index contributed by atoms with van der Waals surface area (Å²) in [5.74, 6) is 0. The Labute approximate surface area is 97.3 Å². The van der Waals surface area contributed by atoms with Gasteiger partial charge >= 0.3 is 0 Å². The molecule has 0 aliphatic heterocycles. The van der Waals surface area contributed by atoms with Gasteiger partial charge in [-0.05, 0) is 23.0 Å². The first kappa shape index (κ1) is 11.6. The molecule has 1 saturated carbocycles. The van der Waals surface area contributed by atoms with Crippen LogP contribution in [0, 0.1) is 5.41 Å². The Morgan fingerprint density at radius 3 is 2.19 bits per heavy atom. The van der Waals surface area contributed by atoms with Crippen LogP contribution < -0.4 is 0 Å². The topological polar surface area (TPSA) is 29.5 Å². The van der Waals surface area contributed by atoms with Crippen molar-refractivity contribution in [2.75, 3.05) is 13.7 Å². The minimum Gasteiger partial charge on any atom is -0.395 e. The van der Waals surface area contributed by atoms with Gasteiger partial charge in [-0.3, -0.25) is 0 Å². The van der Waals surface area contributed by atoms with Crippen LogP contribution in [0.2, 0.25) is 0 Å². The molecule has 0 saturated heterocycles. The van der Waals surface area contributed by atoms with Gasteiger partial charge in [-0.2, -0.15) is 0 Å². The lowest BCUT2D eigenvalue weighted by molar-refractivity contribution is 0.185. The largest absolute Gasteiger partial charge is 0.395 e. The molecule has 0 spiro atoms. The molecule has 16 heavy (non-hydrogen) atoms. The first-order valence-electron chi connectivity index (χ1n) is 5.75. The highest BCUT2D eigenvalue weighted by Crippen LogP contribution is 2.63. The van der Waals surface area contributed by atoms with Crippen molar-refractivity contribution in [2.24, 2.45) is 5.41 Å². The van der Waals surface area contributed by atoms with Crippen LogP contribution in [0.1, 0.15) is 31.4 Å². The number of hydrogen-bond acceptors (Lipinski definition) is 2. The predicted octanol–water partition coefficient (Wildman–Crippen LogP) is 2.49. The van der Waals surface area contributed by atoms with Crippen LogP contribution >= 0.6 is 0 Å². The fourth-order valence-corrected chi connectivity index (χ4v) is 2.65. The summed E-state index contributed by atoms with van der Waals surface area (Å²) in [6.07, 6.45) is 1.07. The fourth-order valence-electron chi connectivity index (χ4n) is 2.65. The van der Waals surface area contributed by atoms with E-state index in [2.05, 4.69) is 38.1 Å². The third-order valence-corrected chi connectivity index (χ3v) is 4.00. The highest BCUT2D eigenvalue weighted by atomic mass is 16.5. The van der Waals surface area contributed by atoms with Crippen LogP contribution in [0.5, 0.6) is 0 Å². The average Bonchev–Trinajstić information content (AvgIpc) is 2.84. The van der Waals surface area contributed by atoms with Crippen molar-refractivity contribution in [1.82, 2.24) is 0 Å². The molecule has 1 aromatic carbocycles. The monoisotopic (exact) mass is 220 g/mol. The van der Waals surface area contributed by atoms with Gasteiger partial charge in [0.25, 0.3) is 0 Å². The molecule has 0 bridgehead atoms. The van der Waals surface area contributed by atoms with E-state index in [-0.39, 0.29) is 17.4 Å². The van der Waals surface area contributed by atoms with Crippen molar-refractivity contribution in [3.05, 3.63) is 35.4 Å². The smallest absolute Gasteiger partial charge is 0.0713 e. The first-order valence-corrected chi connectivity index (χ1v) is 5.75. The second-order valence-corrected chi connectivity index (χ2v) is 5.43. The highest BCUT2D eigenvalue weighted by Gasteiger charge is 2.61. The maximum Gasteiger partial charge on any atom is 0.0713 e. The molecule has 2 nitrogen and oxygen atoms in total. The van der Waals surface area contributed by atoms with E-state index >= 15 is 0 Å². The molecule has 1 aliphatic carbocycles. The lowest BCUT2D eigenvalue weighted by Crippen LogP contribution is -2.19. The summed E-state index contributed by atoms with van der Waals surface area (Å²) in [4.78, 5) is 0. The summed E-state index contributed by atoms with van der Waals surface area (Å²) in [6.45, 7) is 5.32. The molecular formula is C14H20O2. The Morgan fingerprint density at radius 2 is 1.81 bits per heavy atom. The second kappa shape index (κ2) is 3.86. The molecule has 0 amide bonds. The van der Waals surface area contributed by atoms with Crippen LogP contribution in [-0.2, 0) is 16.8 Å². The molecule has 0 radical (unpaired) electrons. The third-order valence-electron chi connectivity index (χ3n) is 4.00.